The number of methoxy groups -OCH3 is 1. The lowest BCUT2D eigenvalue weighted by atomic mass is 9.82. The molecule has 1 N–H and O–H groups in total. The summed E-state index contributed by atoms with van der Waals surface area (Å²) in [7, 11) is 1.81. The summed E-state index contributed by atoms with van der Waals surface area (Å²) >= 11 is 0. The summed E-state index contributed by atoms with van der Waals surface area (Å²) in [5.74, 6) is 0.915. The van der Waals surface area contributed by atoms with Crippen LogP contribution in [0.5, 0.6) is 0 Å². The number of ether oxygens (including phenoxy) is 1. The molecule has 0 amide bonds. The molecule has 1 saturated carbocycles. The Morgan fingerprint density at radius 2 is 1.88 bits per heavy atom. The van der Waals surface area contributed by atoms with Gasteiger partial charge in [0.05, 0.1) is 6.10 Å². The van der Waals surface area contributed by atoms with Crippen molar-refractivity contribution in [3.05, 3.63) is 0 Å². The largest absolute Gasteiger partial charge is 0.382 e. The second-order valence-electron chi connectivity index (χ2n) is 5.19. The molecule has 96 valence electrons. The van der Waals surface area contributed by atoms with Crippen LogP contribution in [0.1, 0.15) is 58.8 Å². The van der Waals surface area contributed by atoms with E-state index in [1.807, 2.05) is 7.11 Å². The fourth-order valence-corrected chi connectivity index (χ4v) is 2.84. The lowest BCUT2D eigenvalue weighted by Gasteiger charge is -2.31. The third-order valence-electron chi connectivity index (χ3n) is 3.97. The van der Waals surface area contributed by atoms with E-state index in [-0.39, 0.29) is 0 Å². The molecule has 0 aromatic carbocycles. The van der Waals surface area contributed by atoms with Gasteiger partial charge in [-0.05, 0) is 45.1 Å². The zero-order chi connectivity index (χ0) is 11.8. The van der Waals surface area contributed by atoms with Gasteiger partial charge in [-0.3, -0.25) is 0 Å². The molecule has 0 heterocycles. The summed E-state index contributed by atoms with van der Waals surface area (Å²) < 4.78 is 5.34. The van der Waals surface area contributed by atoms with Crippen LogP contribution in [0.25, 0.3) is 0 Å². The number of hydrogen-bond donors (Lipinski definition) is 1. The molecule has 0 aromatic heterocycles. The second kappa shape index (κ2) is 8.08. The molecule has 1 aliphatic carbocycles. The van der Waals surface area contributed by atoms with E-state index in [0.29, 0.717) is 6.10 Å². The van der Waals surface area contributed by atoms with Gasteiger partial charge >= 0.3 is 0 Å². The summed E-state index contributed by atoms with van der Waals surface area (Å²) in [5, 5.41) is 3.68. The molecule has 0 spiro atoms. The lowest BCUT2D eigenvalue weighted by Crippen LogP contribution is -2.37. The normalized spacial score (nSPS) is 21.9. The predicted octanol–water partition coefficient (Wildman–Crippen LogP) is 3.36. The van der Waals surface area contributed by atoms with E-state index in [0.717, 1.165) is 18.5 Å². The molecule has 1 rings (SSSR count). The fraction of sp³-hybridized carbons (Fsp3) is 1.00. The highest BCUT2D eigenvalue weighted by atomic mass is 16.5. The van der Waals surface area contributed by atoms with Gasteiger partial charge in [0.1, 0.15) is 0 Å². The van der Waals surface area contributed by atoms with Crippen LogP contribution in [0.15, 0.2) is 0 Å². The zero-order valence-electron chi connectivity index (χ0n) is 11.3. The van der Waals surface area contributed by atoms with E-state index in [2.05, 4.69) is 19.2 Å². The minimum atomic E-state index is 0.407. The second-order valence-corrected chi connectivity index (χ2v) is 5.19. The average molecular weight is 227 g/mol. The first kappa shape index (κ1) is 14.0. The summed E-state index contributed by atoms with van der Waals surface area (Å²) in [5.41, 5.74) is 0. The average Bonchev–Trinajstić information content (AvgIpc) is 2.35. The highest BCUT2D eigenvalue weighted by Gasteiger charge is 2.22. The highest BCUT2D eigenvalue weighted by molar-refractivity contribution is 4.79. The first-order valence-corrected chi connectivity index (χ1v) is 7.04. The van der Waals surface area contributed by atoms with Gasteiger partial charge in [-0.15, -0.1) is 0 Å². The molecule has 2 atom stereocenters. The van der Waals surface area contributed by atoms with Crippen molar-refractivity contribution in [2.45, 2.75) is 70.9 Å². The molecule has 2 unspecified atom stereocenters. The van der Waals surface area contributed by atoms with Gasteiger partial charge in [-0.2, -0.15) is 0 Å². The number of hydrogen-bond acceptors (Lipinski definition) is 2. The molecular formula is C14H29NO. The maximum absolute atomic E-state index is 5.34. The Hall–Kier alpha value is -0.0800. The zero-order valence-corrected chi connectivity index (χ0v) is 11.3. The van der Waals surface area contributed by atoms with Crippen LogP contribution in [0.2, 0.25) is 0 Å². The van der Waals surface area contributed by atoms with Gasteiger partial charge in [0.15, 0.2) is 0 Å². The molecule has 2 heteroatoms. The first-order valence-electron chi connectivity index (χ1n) is 7.04. The Bertz CT molecular complexity index is 166. The van der Waals surface area contributed by atoms with Crippen LogP contribution in [0, 0.1) is 5.92 Å². The van der Waals surface area contributed by atoms with Crippen molar-refractivity contribution in [1.29, 1.82) is 0 Å². The summed E-state index contributed by atoms with van der Waals surface area (Å²) in [6.45, 7) is 5.49. The van der Waals surface area contributed by atoms with Crippen molar-refractivity contribution in [2.75, 3.05) is 13.7 Å². The van der Waals surface area contributed by atoms with Gasteiger partial charge in [-0.1, -0.05) is 26.2 Å². The third-order valence-corrected chi connectivity index (χ3v) is 3.97. The number of rotatable bonds is 7. The minimum absolute atomic E-state index is 0.407. The molecule has 0 aliphatic heterocycles. The van der Waals surface area contributed by atoms with Crippen molar-refractivity contribution in [3.63, 3.8) is 0 Å². The maximum atomic E-state index is 5.34. The van der Waals surface area contributed by atoms with Crippen molar-refractivity contribution < 1.29 is 4.74 Å². The molecule has 0 bridgehead atoms. The van der Waals surface area contributed by atoms with Crippen LogP contribution >= 0.6 is 0 Å². The summed E-state index contributed by atoms with van der Waals surface area (Å²) in [4.78, 5) is 0. The molecule has 2 nitrogen and oxygen atoms in total. The topological polar surface area (TPSA) is 21.3 Å². The molecule has 16 heavy (non-hydrogen) atoms. The van der Waals surface area contributed by atoms with E-state index in [4.69, 9.17) is 4.74 Å². The molecule has 0 saturated heterocycles. The predicted molar refractivity (Wildman–Crippen MR) is 69.7 cm³/mol. The standard InChI is InChI=1S/C14H29NO/c1-4-15-14(11-10-12(2)16-3)13-8-6-5-7-9-13/h12-15H,4-11H2,1-3H3. The Balaban J connectivity index is 2.33. The van der Waals surface area contributed by atoms with E-state index in [1.165, 1.54) is 44.9 Å². The van der Waals surface area contributed by atoms with Crippen molar-refractivity contribution in [3.8, 4) is 0 Å². The van der Waals surface area contributed by atoms with Crippen LogP contribution in [-0.2, 0) is 4.74 Å². The Morgan fingerprint density at radius 1 is 1.19 bits per heavy atom. The molecule has 1 fully saturated rings. The highest BCUT2D eigenvalue weighted by Crippen LogP contribution is 2.28. The minimum Gasteiger partial charge on any atom is -0.382 e. The Morgan fingerprint density at radius 3 is 2.44 bits per heavy atom. The van der Waals surface area contributed by atoms with Gasteiger partial charge in [0.2, 0.25) is 0 Å². The van der Waals surface area contributed by atoms with E-state index < -0.39 is 0 Å². The Labute approximate surface area is 101 Å². The summed E-state index contributed by atoms with van der Waals surface area (Å²) in [6.07, 6.45) is 10.0. The van der Waals surface area contributed by atoms with Crippen molar-refractivity contribution >= 4 is 0 Å². The van der Waals surface area contributed by atoms with Crippen LogP contribution < -0.4 is 5.32 Å². The van der Waals surface area contributed by atoms with Gasteiger partial charge in [-0.25, -0.2) is 0 Å². The Kier molecular flexibility index (Phi) is 7.06. The van der Waals surface area contributed by atoms with Crippen molar-refractivity contribution in [2.24, 2.45) is 5.92 Å². The quantitative estimate of drug-likeness (QED) is 0.720. The third kappa shape index (κ3) is 4.84. The molecule has 0 radical (unpaired) electrons. The van der Waals surface area contributed by atoms with Crippen LogP contribution in [-0.4, -0.2) is 25.8 Å². The fourth-order valence-electron chi connectivity index (χ4n) is 2.84. The van der Waals surface area contributed by atoms with Gasteiger partial charge in [0, 0.05) is 13.2 Å². The first-order chi connectivity index (χ1) is 7.77. The monoisotopic (exact) mass is 227 g/mol. The van der Waals surface area contributed by atoms with E-state index in [1.54, 1.807) is 0 Å². The molecular weight excluding hydrogens is 198 g/mol. The smallest absolute Gasteiger partial charge is 0.0543 e. The van der Waals surface area contributed by atoms with Crippen LogP contribution in [0.3, 0.4) is 0 Å². The number of nitrogens with one attached hydrogen (secondary N) is 1. The van der Waals surface area contributed by atoms with E-state index in [9.17, 15) is 0 Å². The lowest BCUT2D eigenvalue weighted by molar-refractivity contribution is 0.101. The van der Waals surface area contributed by atoms with Crippen molar-refractivity contribution in [1.82, 2.24) is 5.32 Å². The van der Waals surface area contributed by atoms with Gasteiger partial charge in [0.25, 0.3) is 0 Å². The molecule has 1 aliphatic rings. The maximum Gasteiger partial charge on any atom is 0.0543 e. The van der Waals surface area contributed by atoms with Crippen LogP contribution in [0.4, 0.5) is 0 Å². The van der Waals surface area contributed by atoms with E-state index >= 15 is 0 Å². The van der Waals surface area contributed by atoms with Gasteiger partial charge < -0.3 is 10.1 Å². The summed E-state index contributed by atoms with van der Waals surface area (Å²) in [6, 6.07) is 0.725. The SMILES string of the molecule is CCNC(CCC(C)OC)C1CCCCC1. The molecule has 0 aromatic rings.